The minimum Gasteiger partial charge on any atom is -0.456 e. The highest BCUT2D eigenvalue weighted by Gasteiger charge is 2.54. The fourth-order valence-electron chi connectivity index (χ4n) is 4.43. The van der Waals surface area contributed by atoms with E-state index in [2.05, 4.69) is 10.6 Å². The van der Waals surface area contributed by atoms with E-state index in [1.54, 1.807) is 30.3 Å². The number of halogens is 1. The van der Waals surface area contributed by atoms with Gasteiger partial charge in [-0.05, 0) is 16.7 Å². The molecule has 3 amide bonds. The van der Waals surface area contributed by atoms with Crippen LogP contribution >= 0.6 is 23.4 Å². The molecule has 0 saturated carbocycles. The van der Waals surface area contributed by atoms with Crippen LogP contribution in [-0.2, 0) is 37.1 Å². The summed E-state index contributed by atoms with van der Waals surface area (Å²) in [6.45, 7) is 0.0545. The summed E-state index contributed by atoms with van der Waals surface area (Å²) in [5.74, 6) is -1.55. The molecule has 41 heavy (non-hydrogen) atoms. The van der Waals surface area contributed by atoms with Crippen molar-refractivity contribution >= 4 is 47.2 Å². The van der Waals surface area contributed by atoms with Gasteiger partial charge >= 0.3 is 12.1 Å². The molecule has 0 aliphatic carbocycles. The molecule has 1 saturated heterocycles. The number of hydrogen-bond acceptors (Lipinski definition) is 7. The number of carbonyl (C=O) groups excluding carboxylic acids is 4. The Hall–Kier alpha value is -4.28. The average molecular weight is 592 g/mol. The monoisotopic (exact) mass is 591 g/mol. The summed E-state index contributed by atoms with van der Waals surface area (Å²) < 4.78 is 10.7. The quantitative estimate of drug-likeness (QED) is 0.282. The Morgan fingerprint density at radius 2 is 1.44 bits per heavy atom. The number of esters is 1. The van der Waals surface area contributed by atoms with Gasteiger partial charge < -0.3 is 20.1 Å². The molecular weight excluding hydrogens is 566 g/mol. The van der Waals surface area contributed by atoms with Gasteiger partial charge in [0.05, 0.1) is 5.03 Å². The van der Waals surface area contributed by atoms with Gasteiger partial charge in [-0.15, -0.1) is 11.8 Å². The van der Waals surface area contributed by atoms with Gasteiger partial charge in [-0.3, -0.25) is 14.5 Å². The van der Waals surface area contributed by atoms with Crippen molar-refractivity contribution in [3.8, 4) is 0 Å². The molecule has 2 aliphatic rings. The first kappa shape index (κ1) is 28.3. The van der Waals surface area contributed by atoms with Gasteiger partial charge in [0.15, 0.2) is 0 Å². The van der Waals surface area contributed by atoms with Gasteiger partial charge in [0.1, 0.15) is 36.4 Å². The first-order chi connectivity index (χ1) is 19.9. The number of β-lactam (4-membered cyclic amide) rings is 1. The Balaban J connectivity index is 1.24. The third-order valence-corrected chi connectivity index (χ3v) is 8.25. The zero-order valence-electron chi connectivity index (χ0n) is 21.7. The van der Waals surface area contributed by atoms with Gasteiger partial charge in [0.25, 0.3) is 5.91 Å². The normalized spacial score (nSPS) is 18.5. The molecule has 210 valence electrons. The van der Waals surface area contributed by atoms with Crippen LogP contribution in [0.25, 0.3) is 0 Å². The fourth-order valence-corrected chi connectivity index (χ4v) is 5.97. The maximum absolute atomic E-state index is 13.4. The lowest BCUT2D eigenvalue weighted by Crippen LogP contribution is -2.71. The molecular formula is C30H26ClN3O6S. The number of fused-ring (bicyclic) bond motifs is 1. The van der Waals surface area contributed by atoms with Crippen LogP contribution in [0.4, 0.5) is 4.79 Å². The van der Waals surface area contributed by atoms with Crippen molar-refractivity contribution in [1.29, 1.82) is 0 Å². The Labute approximate surface area is 245 Å². The van der Waals surface area contributed by atoms with Crippen molar-refractivity contribution < 1.29 is 28.7 Å². The number of benzene rings is 3. The van der Waals surface area contributed by atoms with Gasteiger partial charge in [-0.2, -0.15) is 0 Å². The molecule has 5 rings (SSSR count). The lowest BCUT2D eigenvalue weighted by atomic mass is 10.0. The molecule has 0 aromatic heterocycles. The van der Waals surface area contributed by atoms with E-state index in [0.29, 0.717) is 5.56 Å². The third-order valence-electron chi connectivity index (χ3n) is 6.50. The number of nitrogens with zero attached hydrogens (tertiary/aromatic N) is 1. The van der Waals surface area contributed by atoms with Crippen molar-refractivity contribution in [3.05, 3.63) is 118 Å². The second kappa shape index (κ2) is 12.9. The highest BCUT2D eigenvalue weighted by molar-refractivity contribution is 8.00. The molecule has 2 N–H and O–H groups in total. The first-order valence-electron chi connectivity index (χ1n) is 12.8. The van der Waals surface area contributed by atoms with Crippen LogP contribution in [0.5, 0.6) is 0 Å². The summed E-state index contributed by atoms with van der Waals surface area (Å²) >= 11 is 7.67. The van der Waals surface area contributed by atoms with E-state index in [1.165, 1.54) is 16.7 Å². The SMILES string of the molecule is O=C(N[C@@H](C(=O)N[C@@H]1C(=O)N2C(C(=O)OCc3ccccc3)=C(Cl)CS[C@H]12)c1ccccc1)OCc1ccccc1. The smallest absolute Gasteiger partial charge is 0.408 e. The molecule has 3 aromatic carbocycles. The van der Waals surface area contributed by atoms with Crippen LogP contribution in [-0.4, -0.2) is 45.9 Å². The molecule has 2 aliphatic heterocycles. The molecule has 1 fully saturated rings. The summed E-state index contributed by atoms with van der Waals surface area (Å²) in [4.78, 5) is 53.4. The summed E-state index contributed by atoms with van der Waals surface area (Å²) in [6.07, 6.45) is -0.787. The van der Waals surface area contributed by atoms with Crippen LogP contribution in [0.15, 0.2) is 102 Å². The standard InChI is InChI=1S/C30H26ClN3O6S/c31-22-18-41-28-24(27(36)34(28)25(22)29(37)39-16-19-10-4-1-5-11-19)32-26(35)23(21-14-8-3-9-15-21)33-30(38)40-17-20-12-6-2-7-13-20/h1-15,23-24,28H,16-18H2,(H,32,35)(H,33,38)/t23-,24-,28-/m1/s1. The summed E-state index contributed by atoms with van der Waals surface area (Å²) in [6, 6.07) is 24.9. The predicted octanol–water partition coefficient (Wildman–Crippen LogP) is 4.25. The Morgan fingerprint density at radius 3 is 2.05 bits per heavy atom. The van der Waals surface area contributed by atoms with Crippen LogP contribution in [0.3, 0.4) is 0 Å². The van der Waals surface area contributed by atoms with E-state index in [-0.39, 0.29) is 29.7 Å². The molecule has 0 unspecified atom stereocenters. The Bertz CT molecular complexity index is 1450. The van der Waals surface area contributed by atoms with Crippen LogP contribution in [0.2, 0.25) is 0 Å². The minimum absolute atomic E-state index is 0.0240. The molecule has 0 bridgehead atoms. The minimum atomic E-state index is -1.12. The van der Waals surface area contributed by atoms with E-state index >= 15 is 0 Å². The number of carbonyl (C=O) groups is 4. The van der Waals surface area contributed by atoms with Crippen molar-refractivity contribution in [3.63, 3.8) is 0 Å². The molecule has 9 nitrogen and oxygen atoms in total. The predicted molar refractivity (Wildman–Crippen MR) is 153 cm³/mol. The van der Waals surface area contributed by atoms with Gasteiger partial charge in [0, 0.05) is 5.75 Å². The summed E-state index contributed by atoms with van der Waals surface area (Å²) in [7, 11) is 0. The first-order valence-corrected chi connectivity index (χ1v) is 14.2. The maximum atomic E-state index is 13.4. The average Bonchev–Trinajstić information content (AvgIpc) is 3.01. The Kier molecular flexibility index (Phi) is 8.91. The number of ether oxygens (including phenoxy) is 2. The highest BCUT2D eigenvalue weighted by atomic mass is 35.5. The van der Waals surface area contributed by atoms with Crippen molar-refractivity contribution in [2.24, 2.45) is 0 Å². The zero-order valence-corrected chi connectivity index (χ0v) is 23.3. The summed E-state index contributed by atoms with van der Waals surface area (Å²) in [5.41, 5.74) is 2.07. The van der Waals surface area contributed by atoms with Gasteiger partial charge in [-0.1, -0.05) is 103 Å². The number of thioether (sulfide) groups is 1. The van der Waals surface area contributed by atoms with E-state index < -0.39 is 41.3 Å². The van der Waals surface area contributed by atoms with Gasteiger partial charge in [-0.25, -0.2) is 9.59 Å². The molecule has 2 heterocycles. The lowest BCUT2D eigenvalue weighted by molar-refractivity contribution is -0.153. The third kappa shape index (κ3) is 6.55. The van der Waals surface area contributed by atoms with Crippen LogP contribution in [0.1, 0.15) is 22.7 Å². The molecule has 0 radical (unpaired) electrons. The number of hydrogen-bond donors (Lipinski definition) is 2. The topological polar surface area (TPSA) is 114 Å². The second-order valence-corrected chi connectivity index (χ2v) is 10.8. The number of alkyl carbamates (subject to hydrolysis) is 1. The molecule has 11 heteroatoms. The zero-order chi connectivity index (χ0) is 28.8. The van der Waals surface area contributed by atoms with Crippen molar-refractivity contribution in [2.45, 2.75) is 30.7 Å². The molecule has 3 atom stereocenters. The number of nitrogens with one attached hydrogen (secondary N) is 2. The Morgan fingerprint density at radius 1 is 0.878 bits per heavy atom. The van der Waals surface area contributed by atoms with Gasteiger partial charge in [0.2, 0.25) is 5.91 Å². The van der Waals surface area contributed by atoms with E-state index in [9.17, 15) is 19.2 Å². The highest BCUT2D eigenvalue weighted by Crippen LogP contribution is 2.42. The fraction of sp³-hybridized carbons (Fsp3) is 0.200. The maximum Gasteiger partial charge on any atom is 0.408 e. The van der Waals surface area contributed by atoms with Crippen molar-refractivity contribution in [1.82, 2.24) is 15.5 Å². The largest absolute Gasteiger partial charge is 0.456 e. The second-order valence-electron chi connectivity index (χ2n) is 9.26. The van der Waals surface area contributed by atoms with Crippen molar-refractivity contribution in [2.75, 3.05) is 5.75 Å². The van der Waals surface area contributed by atoms with E-state index in [4.69, 9.17) is 21.1 Å². The number of rotatable bonds is 9. The number of amides is 3. The molecule has 0 spiro atoms. The van der Waals surface area contributed by atoms with Crippen LogP contribution in [0, 0.1) is 0 Å². The summed E-state index contributed by atoms with van der Waals surface area (Å²) in [5, 5.41) is 4.98. The lowest BCUT2D eigenvalue weighted by Gasteiger charge is -2.49. The van der Waals surface area contributed by atoms with E-state index in [0.717, 1.165) is 11.1 Å². The van der Waals surface area contributed by atoms with E-state index in [1.807, 2.05) is 60.7 Å². The molecule has 3 aromatic rings. The van der Waals surface area contributed by atoms with Crippen LogP contribution < -0.4 is 10.6 Å².